The van der Waals surface area contributed by atoms with E-state index in [1.165, 1.54) is 4.90 Å². The number of amides is 2. The zero-order valence-electron chi connectivity index (χ0n) is 12.6. The molecule has 0 aromatic rings. The van der Waals surface area contributed by atoms with Gasteiger partial charge in [0, 0.05) is 5.92 Å². The van der Waals surface area contributed by atoms with Crippen LogP contribution in [-0.4, -0.2) is 33.6 Å². The predicted molar refractivity (Wildman–Crippen MR) is 76.5 cm³/mol. The molecule has 2 fully saturated rings. The number of likely N-dealkylation sites (tertiary alicyclic amines) is 1. The summed E-state index contributed by atoms with van der Waals surface area (Å²) in [5.41, 5.74) is 0.845. The maximum absolute atomic E-state index is 12.4. The first-order chi connectivity index (χ1) is 9.83. The Labute approximate surface area is 124 Å². The quantitative estimate of drug-likeness (QED) is 0.423. The van der Waals surface area contributed by atoms with Crippen molar-refractivity contribution in [2.45, 2.75) is 51.7 Å². The zero-order valence-corrected chi connectivity index (χ0v) is 12.6. The summed E-state index contributed by atoms with van der Waals surface area (Å²) in [6, 6.07) is -0.266. The fourth-order valence-corrected chi connectivity index (χ4v) is 3.78. The van der Waals surface area contributed by atoms with Gasteiger partial charge in [-0.25, -0.2) is 9.69 Å². The van der Waals surface area contributed by atoms with Crippen molar-refractivity contribution in [3.8, 4) is 0 Å². The van der Waals surface area contributed by atoms with Crippen LogP contribution in [0.1, 0.15) is 40.0 Å². The molecule has 1 heterocycles. The van der Waals surface area contributed by atoms with E-state index < -0.39 is 17.6 Å². The lowest BCUT2D eigenvalue weighted by molar-refractivity contribution is -0.125. The Morgan fingerprint density at radius 1 is 1.48 bits per heavy atom. The molecule has 1 N–H and O–H groups in total. The second-order valence-electron chi connectivity index (χ2n) is 7.01. The van der Waals surface area contributed by atoms with Gasteiger partial charge in [0.15, 0.2) is 0 Å². The van der Waals surface area contributed by atoms with Gasteiger partial charge in [0.1, 0.15) is 5.60 Å². The smallest absolute Gasteiger partial charge is 0.417 e. The van der Waals surface area contributed by atoms with Gasteiger partial charge in [-0.1, -0.05) is 6.08 Å². The van der Waals surface area contributed by atoms with E-state index in [-0.39, 0.29) is 12.0 Å². The molecule has 0 spiro atoms. The SMILES string of the molecule is CC(C)(C)OC(=O)N1C(=O)/C(=C/O)[C@H]2C[C@@H]3CCC=C3[C@H]21. The minimum absolute atomic E-state index is 0.0911. The van der Waals surface area contributed by atoms with E-state index in [1.807, 2.05) is 0 Å². The van der Waals surface area contributed by atoms with Crippen LogP contribution in [-0.2, 0) is 9.53 Å². The third-order valence-corrected chi connectivity index (χ3v) is 4.50. The van der Waals surface area contributed by atoms with E-state index in [4.69, 9.17) is 4.74 Å². The summed E-state index contributed by atoms with van der Waals surface area (Å²) in [5, 5.41) is 9.40. The number of hydrogen-bond donors (Lipinski definition) is 1. The van der Waals surface area contributed by atoms with Crippen molar-refractivity contribution in [2.24, 2.45) is 11.8 Å². The minimum Gasteiger partial charge on any atom is -0.515 e. The van der Waals surface area contributed by atoms with Gasteiger partial charge in [-0.2, -0.15) is 0 Å². The molecule has 3 atom stereocenters. The van der Waals surface area contributed by atoms with Crippen LogP contribution in [0.25, 0.3) is 0 Å². The number of allylic oxidation sites excluding steroid dienone is 1. The molecule has 5 heteroatoms. The highest BCUT2D eigenvalue weighted by molar-refractivity contribution is 6.06. The zero-order chi connectivity index (χ0) is 15.4. The summed E-state index contributed by atoms with van der Waals surface area (Å²) in [6.45, 7) is 5.33. The number of imide groups is 1. The number of aliphatic hydroxyl groups excluding tert-OH is 1. The molecule has 2 amide bonds. The fraction of sp³-hybridized carbons (Fsp3) is 0.625. The van der Waals surface area contributed by atoms with Crippen LogP contribution in [0.4, 0.5) is 4.79 Å². The number of aliphatic hydroxyl groups is 1. The summed E-state index contributed by atoms with van der Waals surface area (Å²) in [4.78, 5) is 26.0. The van der Waals surface area contributed by atoms with Crippen LogP contribution in [0.2, 0.25) is 0 Å². The maximum Gasteiger partial charge on any atom is 0.417 e. The highest BCUT2D eigenvalue weighted by Gasteiger charge is 2.56. The van der Waals surface area contributed by atoms with Gasteiger partial charge in [-0.15, -0.1) is 0 Å². The molecule has 0 unspecified atom stereocenters. The van der Waals surface area contributed by atoms with E-state index in [2.05, 4.69) is 6.08 Å². The van der Waals surface area contributed by atoms with Gasteiger partial charge in [0.05, 0.1) is 17.9 Å². The topological polar surface area (TPSA) is 66.8 Å². The molecule has 0 bridgehead atoms. The van der Waals surface area contributed by atoms with Crippen molar-refractivity contribution < 1.29 is 19.4 Å². The number of carbonyl (C=O) groups excluding carboxylic acids is 2. The number of carbonyl (C=O) groups is 2. The third-order valence-electron chi connectivity index (χ3n) is 4.50. The Hall–Kier alpha value is -1.78. The second kappa shape index (κ2) is 4.61. The molecule has 3 rings (SSSR count). The van der Waals surface area contributed by atoms with E-state index in [1.54, 1.807) is 20.8 Å². The monoisotopic (exact) mass is 291 g/mol. The summed E-state index contributed by atoms with van der Waals surface area (Å²) in [5.74, 6) is -0.0902. The molecule has 0 aromatic carbocycles. The summed E-state index contributed by atoms with van der Waals surface area (Å²) < 4.78 is 5.37. The lowest BCUT2D eigenvalue weighted by Crippen LogP contribution is -2.43. The molecule has 0 radical (unpaired) electrons. The highest BCUT2D eigenvalue weighted by atomic mass is 16.6. The van der Waals surface area contributed by atoms with Gasteiger partial charge in [-0.3, -0.25) is 4.79 Å². The van der Waals surface area contributed by atoms with Gasteiger partial charge < -0.3 is 9.84 Å². The van der Waals surface area contributed by atoms with Crippen LogP contribution in [0.3, 0.4) is 0 Å². The van der Waals surface area contributed by atoms with Gasteiger partial charge in [-0.05, 0) is 51.5 Å². The van der Waals surface area contributed by atoms with E-state index in [9.17, 15) is 14.7 Å². The van der Waals surface area contributed by atoms with Crippen molar-refractivity contribution in [3.05, 3.63) is 23.5 Å². The molecule has 1 aliphatic heterocycles. The van der Waals surface area contributed by atoms with Crippen LogP contribution in [0.5, 0.6) is 0 Å². The third kappa shape index (κ3) is 2.15. The Kier molecular flexibility index (Phi) is 3.11. The maximum atomic E-state index is 12.4. The second-order valence-corrected chi connectivity index (χ2v) is 7.01. The van der Waals surface area contributed by atoms with Crippen molar-refractivity contribution in [1.29, 1.82) is 0 Å². The van der Waals surface area contributed by atoms with E-state index in [0.717, 1.165) is 31.1 Å². The van der Waals surface area contributed by atoms with Crippen LogP contribution in [0.15, 0.2) is 23.5 Å². The molecular weight excluding hydrogens is 270 g/mol. The number of nitrogens with zero attached hydrogens (tertiary/aromatic N) is 1. The standard InChI is InChI=1S/C16H21NO4/c1-16(2,3)21-15(20)17-13-10-6-4-5-9(10)7-11(13)12(8-18)14(17)19/h6,8-9,11,13,18H,4-5,7H2,1-3H3/b12-8+/t9-,11+,13+/m0/s1. The Morgan fingerprint density at radius 2 is 2.19 bits per heavy atom. The predicted octanol–water partition coefficient (Wildman–Crippen LogP) is 2.93. The van der Waals surface area contributed by atoms with Crippen LogP contribution >= 0.6 is 0 Å². The molecule has 0 aromatic heterocycles. The molecule has 21 heavy (non-hydrogen) atoms. The van der Waals surface area contributed by atoms with Crippen molar-refractivity contribution in [3.63, 3.8) is 0 Å². The molecule has 1 saturated carbocycles. The Bertz CT molecular complexity index is 555. The number of hydrogen-bond acceptors (Lipinski definition) is 4. The molecule has 3 aliphatic rings. The Morgan fingerprint density at radius 3 is 2.81 bits per heavy atom. The molecule has 1 saturated heterocycles. The summed E-state index contributed by atoms with van der Waals surface area (Å²) >= 11 is 0. The average molecular weight is 291 g/mol. The minimum atomic E-state index is -0.652. The van der Waals surface area contributed by atoms with Gasteiger partial charge in [0.2, 0.25) is 0 Å². The molecule has 5 nitrogen and oxygen atoms in total. The van der Waals surface area contributed by atoms with Crippen molar-refractivity contribution in [1.82, 2.24) is 4.90 Å². The first kappa shape index (κ1) is 14.2. The lowest BCUT2D eigenvalue weighted by Gasteiger charge is -2.27. The van der Waals surface area contributed by atoms with Crippen molar-refractivity contribution >= 4 is 12.0 Å². The van der Waals surface area contributed by atoms with Gasteiger partial charge >= 0.3 is 6.09 Å². The Balaban J connectivity index is 1.95. The summed E-state index contributed by atoms with van der Waals surface area (Å²) in [6.07, 6.45) is 5.28. The lowest BCUT2D eigenvalue weighted by atomic mass is 9.96. The van der Waals surface area contributed by atoms with Gasteiger partial charge in [0.25, 0.3) is 5.91 Å². The van der Waals surface area contributed by atoms with Crippen molar-refractivity contribution in [2.75, 3.05) is 0 Å². The van der Waals surface area contributed by atoms with Crippen LogP contribution < -0.4 is 0 Å². The van der Waals surface area contributed by atoms with Crippen LogP contribution in [0, 0.1) is 11.8 Å². The first-order valence-corrected chi connectivity index (χ1v) is 7.44. The molecular formula is C16H21NO4. The number of ether oxygens (including phenoxy) is 1. The molecule has 2 aliphatic carbocycles. The normalized spacial score (nSPS) is 33.2. The fourth-order valence-electron chi connectivity index (χ4n) is 3.78. The first-order valence-electron chi connectivity index (χ1n) is 7.44. The summed E-state index contributed by atoms with van der Waals surface area (Å²) in [7, 11) is 0. The molecule has 114 valence electrons. The van der Waals surface area contributed by atoms with E-state index in [0.29, 0.717) is 11.5 Å². The number of rotatable bonds is 0. The number of fused-ring (bicyclic) bond motifs is 3. The van der Waals surface area contributed by atoms with E-state index >= 15 is 0 Å². The highest BCUT2D eigenvalue weighted by Crippen LogP contribution is 2.52. The largest absolute Gasteiger partial charge is 0.515 e. The average Bonchev–Trinajstić information content (AvgIpc) is 2.96.